The first-order chi connectivity index (χ1) is 8.58. The zero-order valence-electron chi connectivity index (χ0n) is 10.3. The first-order valence-electron chi connectivity index (χ1n) is 5.74. The number of hydrogen-bond acceptors (Lipinski definition) is 2. The molecule has 1 unspecified atom stereocenters. The third-order valence-electron chi connectivity index (χ3n) is 2.90. The zero-order valence-corrected chi connectivity index (χ0v) is 10.3. The van der Waals surface area contributed by atoms with Crippen LogP contribution in [0.15, 0.2) is 24.7 Å². The lowest BCUT2D eigenvalue weighted by Gasteiger charge is -2.15. The number of imidazole rings is 1. The smallest absolute Gasteiger partial charge is 0.128 e. The van der Waals surface area contributed by atoms with Gasteiger partial charge in [0.1, 0.15) is 11.6 Å². The predicted octanol–water partition coefficient (Wildman–Crippen LogP) is 2.85. The maximum absolute atomic E-state index is 13.7. The van der Waals surface area contributed by atoms with E-state index in [4.69, 9.17) is 0 Å². The molecule has 0 bridgehead atoms. The van der Waals surface area contributed by atoms with E-state index in [1.165, 1.54) is 12.1 Å². The summed E-state index contributed by atoms with van der Waals surface area (Å²) in [5.41, 5.74) is 1.55. The van der Waals surface area contributed by atoms with Gasteiger partial charge in [0, 0.05) is 30.0 Å². The lowest BCUT2D eigenvalue weighted by molar-refractivity contribution is 0.514. The largest absolute Gasteiger partial charge is 0.347 e. The van der Waals surface area contributed by atoms with E-state index in [1.54, 1.807) is 26.4 Å². The van der Waals surface area contributed by atoms with Gasteiger partial charge in [0.05, 0.1) is 6.33 Å². The number of nitrogens with one attached hydrogen (secondary N) is 2. The third-order valence-corrected chi connectivity index (χ3v) is 2.90. The number of halogens is 2. The number of aryl methyl sites for hydroxylation is 1. The Kier molecular flexibility index (Phi) is 3.72. The number of rotatable bonds is 4. The molecule has 1 aromatic carbocycles. The van der Waals surface area contributed by atoms with Crippen LogP contribution in [0, 0.1) is 18.6 Å². The van der Waals surface area contributed by atoms with Crippen LogP contribution in [0.1, 0.15) is 29.8 Å². The summed E-state index contributed by atoms with van der Waals surface area (Å²) in [5.74, 6) is -0.778. The fourth-order valence-corrected chi connectivity index (χ4v) is 1.75. The van der Waals surface area contributed by atoms with E-state index in [0.717, 1.165) is 5.69 Å². The summed E-state index contributed by atoms with van der Waals surface area (Å²) in [7, 11) is 0. The van der Waals surface area contributed by atoms with Crippen molar-refractivity contribution < 1.29 is 8.78 Å². The van der Waals surface area contributed by atoms with Gasteiger partial charge in [-0.2, -0.15) is 0 Å². The van der Waals surface area contributed by atoms with E-state index in [-0.39, 0.29) is 11.9 Å². The van der Waals surface area contributed by atoms with Gasteiger partial charge in [-0.15, -0.1) is 0 Å². The second kappa shape index (κ2) is 5.27. The van der Waals surface area contributed by atoms with E-state index in [9.17, 15) is 8.78 Å². The molecule has 0 aliphatic carbocycles. The molecule has 0 amide bonds. The third kappa shape index (κ3) is 2.73. The summed E-state index contributed by atoms with van der Waals surface area (Å²) >= 11 is 0. The van der Waals surface area contributed by atoms with E-state index < -0.39 is 5.82 Å². The molecule has 0 saturated carbocycles. The van der Waals surface area contributed by atoms with Crippen molar-refractivity contribution in [2.45, 2.75) is 26.4 Å². The molecule has 0 radical (unpaired) electrons. The highest BCUT2D eigenvalue weighted by Crippen LogP contribution is 2.20. The molecule has 1 aromatic heterocycles. The highest BCUT2D eigenvalue weighted by molar-refractivity contribution is 5.27. The Balaban J connectivity index is 2.09. The molecule has 1 heterocycles. The normalized spacial score (nSPS) is 12.7. The van der Waals surface area contributed by atoms with Gasteiger partial charge in [-0.1, -0.05) is 0 Å². The molecule has 0 spiro atoms. The highest BCUT2D eigenvalue weighted by Gasteiger charge is 2.13. The van der Waals surface area contributed by atoms with Crippen LogP contribution in [-0.2, 0) is 6.54 Å². The molecule has 0 saturated heterocycles. The van der Waals surface area contributed by atoms with Crippen molar-refractivity contribution in [2.75, 3.05) is 0 Å². The van der Waals surface area contributed by atoms with Crippen molar-refractivity contribution in [1.29, 1.82) is 0 Å². The second-order valence-electron chi connectivity index (χ2n) is 4.30. The Morgan fingerprint density at radius 3 is 2.78 bits per heavy atom. The number of benzene rings is 1. The number of hydrogen-bond donors (Lipinski definition) is 2. The molecular formula is C13H15F2N3. The van der Waals surface area contributed by atoms with Crippen LogP contribution >= 0.6 is 0 Å². The van der Waals surface area contributed by atoms with Crippen molar-refractivity contribution in [3.05, 3.63) is 53.1 Å². The number of H-pyrrole nitrogens is 1. The minimum absolute atomic E-state index is 0.275. The van der Waals surface area contributed by atoms with Gasteiger partial charge in [-0.3, -0.25) is 0 Å². The van der Waals surface area contributed by atoms with Gasteiger partial charge >= 0.3 is 0 Å². The summed E-state index contributed by atoms with van der Waals surface area (Å²) in [5, 5.41) is 3.11. The van der Waals surface area contributed by atoms with Crippen LogP contribution in [-0.4, -0.2) is 9.97 Å². The highest BCUT2D eigenvalue weighted by atomic mass is 19.1. The van der Waals surface area contributed by atoms with E-state index in [0.29, 0.717) is 17.7 Å². The zero-order chi connectivity index (χ0) is 13.1. The van der Waals surface area contributed by atoms with Crippen molar-refractivity contribution in [3.8, 4) is 0 Å². The van der Waals surface area contributed by atoms with Crippen molar-refractivity contribution in [2.24, 2.45) is 0 Å². The first kappa shape index (κ1) is 12.7. The number of aromatic nitrogens is 2. The maximum Gasteiger partial charge on any atom is 0.128 e. The standard InChI is InChI=1S/C13H15F2N3/c1-8-3-13(15)11(4-12(8)14)9(2)17-6-10-5-16-7-18-10/h3-5,7,9,17H,6H2,1-2H3,(H,16,18). The average molecular weight is 251 g/mol. The van der Waals surface area contributed by atoms with Crippen LogP contribution in [0.5, 0.6) is 0 Å². The van der Waals surface area contributed by atoms with Crippen LogP contribution in [0.25, 0.3) is 0 Å². The molecule has 0 aliphatic rings. The predicted molar refractivity (Wildman–Crippen MR) is 64.9 cm³/mol. The Hall–Kier alpha value is -1.75. The van der Waals surface area contributed by atoms with Crippen molar-refractivity contribution in [3.63, 3.8) is 0 Å². The van der Waals surface area contributed by atoms with Gasteiger partial charge in [0.15, 0.2) is 0 Å². The van der Waals surface area contributed by atoms with Gasteiger partial charge in [-0.25, -0.2) is 13.8 Å². The van der Waals surface area contributed by atoms with Gasteiger partial charge < -0.3 is 10.3 Å². The quantitative estimate of drug-likeness (QED) is 0.877. The van der Waals surface area contributed by atoms with Gasteiger partial charge in [0.25, 0.3) is 0 Å². The minimum Gasteiger partial charge on any atom is -0.347 e. The topological polar surface area (TPSA) is 40.7 Å². The molecule has 1 atom stereocenters. The Morgan fingerprint density at radius 2 is 2.11 bits per heavy atom. The lowest BCUT2D eigenvalue weighted by atomic mass is 10.0. The summed E-state index contributed by atoms with van der Waals surface area (Å²) < 4.78 is 27.1. The SMILES string of the molecule is Cc1cc(F)c(C(C)NCc2cnc[nH]2)cc1F. The fourth-order valence-electron chi connectivity index (χ4n) is 1.75. The van der Waals surface area contributed by atoms with Gasteiger partial charge in [-0.05, 0) is 31.5 Å². The molecule has 3 nitrogen and oxygen atoms in total. The summed E-state index contributed by atoms with van der Waals surface area (Å²) in [6.07, 6.45) is 3.26. The van der Waals surface area contributed by atoms with E-state index >= 15 is 0 Å². The van der Waals surface area contributed by atoms with Crippen LogP contribution < -0.4 is 5.32 Å². The summed E-state index contributed by atoms with van der Waals surface area (Å²) in [6.45, 7) is 3.87. The number of nitrogens with zero attached hydrogens (tertiary/aromatic N) is 1. The van der Waals surface area contributed by atoms with E-state index in [1.807, 2.05) is 0 Å². The van der Waals surface area contributed by atoms with E-state index in [2.05, 4.69) is 15.3 Å². The minimum atomic E-state index is -0.390. The van der Waals surface area contributed by atoms with Crippen molar-refractivity contribution in [1.82, 2.24) is 15.3 Å². The first-order valence-corrected chi connectivity index (χ1v) is 5.74. The van der Waals surface area contributed by atoms with Crippen LogP contribution in [0.4, 0.5) is 8.78 Å². The molecule has 18 heavy (non-hydrogen) atoms. The fraction of sp³-hybridized carbons (Fsp3) is 0.308. The Labute approximate surface area is 104 Å². The summed E-state index contributed by atoms with van der Waals surface area (Å²) in [6, 6.07) is 2.19. The monoisotopic (exact) mass is 251 g/mol. The summed E-state index contributed by atoms with van der Waals surface area (Å²) in [4.78, 5) is 6.82. The molecular weight excluding hydrogens is 236 g/mol. The molecule has 2 rings (SSSR count). The molecule has 0 aliphatic heterocycles. The maximum atomic E-state index is 13.7. The van der Waals surface area contributed by atoms with Crippen molar-refractivity contribution >= 4 is 0 Å². The molecule has 96 valence electrons. The Bertz CT molecular complexity index is 523. The molecule has 2 aromatic rings. The molecule has 5 heteroatoms. The van der Waals surface area contributed by atoms with Crippen LogP contribution in [0.3, 0.4) is 0 Å². The second-order valence-corrected chi connectivity index (χ2v) is 4.30. The average Bonchev–Trinajstić information content (AvgIpc) is 2.84. The number of aromatic amines is 1. The van der Waals surface area contributed by atoms with Crippen LogP contribution in [0.2, 0.25) is 0 Å². The molecule has 2 N–H and O–H groups in total. The lowest BCUT2D eigenvalue weighted by Crippen LogP contribution is -2.19. The van der Waals surface area contributed by atoms with Gasteiger partial charge in [0.2, 0.25) is 0 Å². The Morgan fingerprint density at radius 1 is 1.33 bits per heavy atom. The molecule has 0 fully saturated rings.